The van der Waals surface area contributed by atoms with Crippen LogP contribution in [0.15, 0.2) is 48.5 Å². The second kappa shape index (κ2) is 9.80. The number of nitrogens with one attached hydrogen (secondary N) is 1. The molecule has 0 aliphatic carbocycles. The van der Waals surface area contributed by atoms with Crippen LogP contribution in [0.4, 0.5) is 5.69 Å². The summed E-state index contributed by atoms with van der Waals surface area (Å²) in [7, 11) is 1.61. The van der Waals surface area contributed by atoms with Crippen LogP contribution in [0, 0.1) is 0 Å². The number of hydrogen-bond acceptors (Lipinski definition) is 4. The Bertz CT molecular complexity index is 647. The Balaban J connectivity index is 0.00000288. The molecule has 0 fully saturated rings. The Kier molecular flexibility index (Phi) is 8.09. The van der Waals surface area contributed by atoms with Crippen molar-refractivity contribution in [2.24, 2.45) is 5.73 Å². The molecule has 24 heavy (non-hydrogen) atoms. The number of ether oxygens (including phenoxy) is 2. The van der Waals surface area contributed by atoms with E-state index in [1.165, 1.54) is 0 Å². The van der Waals surface area contributed by atoms with Crippen molar-refractivity contribution < 1.29 is 14.3 Å². The van der Waals surface area contributed by atoms with Gasteiger partial charge in [-0.1, -0.05) is 12.1 Å². The molecule has 2 aromatic carbocycles. The van der Waals surface area contributed by atoms with E-state index in [1.807, 2.05) is 55.5 Å². The van der Waals surface area contributed by atoms with Crippen LogP contribution in [0.2, 0.25) is 0 Å². The van der Waals surface area contributed by atoms with Crippen molar-refractivity contribution in [3.63, 3.8) is 0 Å². The van der Waals surface area contributed by atoms with E-state index in [9.17, 15) is 4.79 Å². The highest BCUT2D eigenvalue weighted by Crippen LogP contribution is 2.23. The molecule has 1 unspecified atom stereocenters. The molecule has 3 N–H and O–H groups in total. The van der Waals surface area contributed by atoms with Gasteiger partial charge in [0, 0.05) is 12.2 Å². The molecular weight excluding hydrogens is 328 g/mol. The molecule has 0 aliphatic rings. The number of amides is 1. The van der Waals surface area contributed by atoms with E-state index in [4.69, 9.17) is 15.2 Å². The lowest BCUT2D eigenvalue weighted by Gasteiger charge is -2.14. The number of halogens is 1. The van der Waals surface area contributed by atoms with E-state index in [0.29, 0.717) is 13.2 Å². The average molecular weight is 351 g/mol. The Hall–Kier alpha value is -2.24. The van der Waals surface area contributed by atoms with Gasteiger partial charge in [0.2, 0.25) is 5.91 Å². The first-order valence-corrected chi connectivity index (χ1v) is 7.51. The summed E-state index contributed by atoms with van der Waals surface area (Å²) >= 11 is 0. The monoisotopic (exact) mass is 350 g/mol. The van der Waals surface area contributed by atoms with Gasteiger partial charge in [0.15, 0.2) is 0 Å². The first kappa shape index (κ1) is 19.8. The fraction of sp³-hybridized carbons (Fsp3) is 0.278. The number of anilines is 1. The predicted octanol–water partition coefficient (Wildman–Crippen LogP) is 3.20. The van der Waals surface area contributed by atoms with Crippen molar-refractivity contribution >= 4 is 24.0 Å². The molecule has 2 aromatic rings. The van der Waals surface area contributed by atoms with Crippen molar-refractivity contribution in [2.45, 2.75) is 12.8 Å². The van der Waals surface area contributed by atoms with E-state index in [0.717, 1.165) is 22.7 Å². The Labute approximate surface area is 148 Å². The van der Waals surface area contributed by atoms with Crippen molar-refractivity contribution in [2.75, 3.05) is 25.6 Å². The number of hydrogen-bond donors (Lipinski definition) is 2. The number of carbonyl (C=O) groups is 1. The Morgan fingerprint density at radius 2 is 1.88 bits per heavy atom. The lowest BCUT2D eigenvalue weighted by atomic mass is 10.00. The molecule has 1 amide bonds. The summed E-state index contributed by atoms with van der Waals surface area (Å²) in [5.74, 6) is 1.12. The highest BCUT2D eigenvalue weighted by atomic mass is 35.5. The minimum Gasteiger partial charge on any atom is -0.497 e. The van der Waals surface area contributed by atoms with Crippen molar-refractivity contribution in [3.8, 4) is 11.5 Å². The third-order valence-corrected chi connectivity index (χ3v) is 3.50. The summed E-state index contributed by atoms with van der Waals surface area (Å²) in [5, 5.41) is 2.90. The molecular formula is C18H23ClN2O3. The zero-order valence-electron chi connectivity index (χ0n) is 13.8. The first-order chi connectivity index (χ1) is 11.1. The van der Waals surface area contributed by atoms with Gasteiger partial charge >= 0.3 is 0 Å². The molecule has 2 rings (SSSR count). The zero-order valence-corrected chi connectivity index (χ0v) is 14.6. The van der Waals surface area contributed by atoms with Crippen LogP contribution in [0.1, 0.15) is 18.4 Å². The second-order valence-corrected chi connectivity index (χ2v) is 5.15. The lowest BCUT2D eigenvalue weighted by Crippen LogP contribution is -2.18. The molecule has 130 valence electrons. The highest BCUT2D eigenvalue weighted by molar-refractivity contribution is 5.95. The molecule has 5 nitrogen and oxygen atoms in total. The summed E-state index contributed by atoms with van der Waals surface area (Å²) in [5.41, 5.74) is 7.02. The first-order valence-electron chi connectivity index (χ1n) is 7.51. The van der Waals surface area contributed by atoms with E-state index in [-0.39, 0.29) is 24.2 Å². The van der Waals surface area contributed by atoms with Crippen molar-refractivity contribution in [1.29, 1.82) is 0 Å². The molecule has 0 saturated carbocycles. The van der Waals surface area contributed by atoms with E-state index >= 15 is 0 Å². The van der Waals surface area contributed by atoms with Crippen molar-refractivity contribution in [3.05, 3.63) is 54.1 Å². The Morgan fingerprint density at radius 3 is 2.50 bits per heavy atom. The number of benzene rings is 2. The maximum atomic E-state index is 12.4. The summed E-state index contributed by atoms with van der Waals surface area (Å²) in [6.45, 7) is 2.80. The Morgan fingerprint density at radius 1 is 1.17 bits per heavy atom. The third-order valence-electron chi connectivity index (χ3n) is 3.50. The van der Waals surface area contributed by atoms with Crippen LogP contribution < -0.4 is 20.5 Å². The smallest absolute Gasteiger partial charge is 0.231 e. The van der Waals surface area contributed by atoms with Gasteiger partial charge in [-0.2, -0.15) is 0 Å². The van der Waals surface area contributed by atoms with Crippen LogP contribution in [-0.2, 0) is 4.79 Å². The van der Waals surface area contributed by atoms with E-state index in [2.05, 4.69) is 5.32 Å². The second-order valence-electron chi connectivity index (χ2n) is 5.15. The fourth-order valence-corrected chi connectivity index (χ4v) is 2.12. The number of rotatable bonds is 7. The molecule has 0 radical (unpaired) electrons. The summed E-state index contributed by atoms with van der Waals surface area (Å²) in [4.78, 5) is 12.4. The largest absolute Gasteiger partial charge is 0.497 e. The maximum Gasteiger partial charge on any atom is 0.231 e. The topological polar surface area (TPSA) is 73.6 Å². The molecule has 0 spiro atoms. The summed E-state index contributed by atoms with van der Waals surface area (Å²) in [6, 6.07) is 14.7. The maximum absolute atomic E-state index is 12.4. The van der Waals surface area contributed by atoms with Gasteiger partial charge in [-0.05, 0) is 48.9 Å². The molecule has 0 heterocycles. The van der Waals surface area contributed by atoms with Gasteiger partial charge in [-0.25, -0.2) is 0 Å². The van der Waals surface area contributed by atoms with Crippen LogP contribution in [0.3, 0.4) is 0 Å². The highest BCUT2D eigenvalue weighted by Gasteiger charge is 2.16. The lowest BCUT2D eigenvalue weighted by molar-refractivity contribution is -0.117. The molecule has 1 atom stereocenters. The van der Waals surface area contributed by atoms with E-state index in [1.54, 1.807) is 7.11 Å². The van der Waals surface area contributed by atoms with Gasteiger partial charge < -0.3 is 20.5 Å². The molecule has 6 heteroatoms. The van der Waals surface area contributed by atoms with E-state index < -0.39 is 0 Å². The third kappa shape index (κ3) is 5.44. The minimum absolute atomic E-state index is 0. The van der Waals surface area contributed by atoms with Gasteiger partial charge in [-0.15, -0.1) is 12.4 Å². The minimum atomic E-state index is -0.279. The summed E-state index contributed by atoms with van der Waals surface area (Å²) in [6.07, 6.45) is 0. The number of carbonyl (C=O) groups excluding carboxylic acids is 1. The van der Waals surface area contributed by atoms with Crippen molar-refractivity contribution in [1.82, 2.24) is 0 Å². The SMILES string of the molecule is COc1cccc(C(C)C(=O)Nc2ccc(OCCN)cc2)c1.Cl. The molecule has 0 aromatic heterocycles. The zero-order chi connectivity index (χ0) is 16.7. The fourth-order valence-electron chi connectivity index (χ4n) is 2.12. The van der Waals surface area contributed by atoms with Crippen LogP contribution in [-0.4, -0.2) is 26.2 Å². The van der Waals surface area contributed by atoms with Crippen LogP contribution in [0.25, 0.3) is 0 Å². The van der Waals surface area contributed by atoms with Crippen LogP contribution in [0.5, 0.6) is 11.5 Å². The molecule has 0 saturated heterocycles. The molecule has 0 aliphatic heterocycles. The number of nitrogens with two attached hydrogens (primary N) is 1. The van der Waals surface area contributed by atoms with Crippen LogP contribution >= 0.6 is 12.4 Å². The van der Waals surface area contributed by atoms with Gasteiger partial charge in [0.05, 0.1) is 13.0 Å². The van der Waals surface area contributed by atoms with Gasteiger partial charge in [0.1, 0.15) is 18.1 Å². The quantitative estimate of drug-likeness (QED) is 0.804. The number of methoxy groups -OCH3 is 1. The summed E-state index contributed by atoms with van der Waals surface area (Å²) < 4.78 is 10.6. The van der Waals surface area contributed by atoms with Gasteiger partial charge in [-0.3, -0.25) is 4.79 Å². The predicted molar refractivity (Wildman–Crippen MR) is 98.3 cm³/mol. The molecule has 0 bridgehead atoms. The normalized spacial score (nSPS) is 11.1. The van der Waals surface area contributed by atoms with Gasteiger partial charge in [0.25, 0.3) is 0 Å². The standard InChI is InChI=1S/C18H22N2O3.ClH/c1-13(14-4-3-5-17(12-14)22-2)18(21)20-15-6-8-16(9-7-15)23-11-10-19;/h3-9,12-13H,10-11,19H2,1-2H3,(H,20,21);1H. The average Bonchev–Trinajstić information content (AvgIpc) is 2.60.